The molecule has 0 spiro atoms. The molecule has 1 amide bonds. The second-order valence-corrected chi connectivity index (χ2v) is 4.91. The van der Waals surface area contributed by atoms with Gasteiger partial charge in [-0.3, -0.25) is 4.79 Å². The minimum absolute atomic E-state index is 0.179. The molecule has 0 saturated heterocycles. The Balaban J connectivity index is 2.46. The summed E-state index contributed by atoms with van der Waals surface area (Å²) in [6.45, 7) is 3.01. The number of thiophene rings is 1. The third-order valence-corrected chi connectivity index (χ3v) is 3.75. The molecule has 0 aliphatic carbocycles. The van der Waals surface area contributed by atoms with Gasteiger partial charge in [-0.2, -0.15) is 0 Å². The van der Waals surface area contributed by atoms with Crippen molar-refractivity contribution < 1.29 is 14.3 Å². The highest BCUT2D eigenvalue weighted by Gasteiger charge is 2.26. The lowest BCUT2D eigenvalue weighted by atomic mass is 10.0. The summed E-state index contributed by atoms with van der Waals surface area (Å²) in [6.07, 6.45) is 0.788. The number of anilines is 1. The van der Waals surface area contributed by atoms with Gasteiger partial charge in [-0.05, 0) is 18.5 Å². The average Bonchev–Trinajstić information content (AvgIpc) is 2.65. The lowest BCUT2D eigenvalue weighted by Gasteiger charge is -2.13. The van der Waals surface area contributed by atoms with Gasteiger partial charge in [-0.15, -0.1) is 11.3 Å². The number of hydrogen-bond donors (Lipinski definition) is 2. The fourth-order valence-corrected chi connectivity index (χ4v) is 3.15. The van der Waals surface area contributed by atoms with Crippen molar-refractivity contribution >= 4 is 28.2 Å². The Morgan fingerprint density at radius 3 is 2.88 bits per heavy atom. The first kappa shape index (κ1) is 12.1. The van der Waals surface area contributed by atoms with E-state index in [2.05, 4.69) is 10.6 Å². The molecular formula is C11H14N2O3S. The number of methoxy groups -OCH3 is 1. The fraction of sp³-hybridized carbons (Fsp3) is 0.455. The molecule has 1 aliphatic heterocycles. The second-order valence-electron chi connectivity index (χ2n) is 3.81. The van der Waals surface area contributed by atoms with E-state index in [1.54, 1.807) is 0 Å². The predicted octanol–water partition coefficient (Wildman–Crippen LogP) is 1.14. The third-order valence-electron chi connectivity index (χ3n) is 2.61. The van der Waals surface area contributed by atoms with Crippen LogP contribution in [0.4, 0.5) is 5.00 Å². The van der Waals surface area contributed by atoms with E-state index in [1.165, 1.54) is 25.4 Å². The molecule has 0 atom stereocenters. The Labute approximate surface area is 103 Å². The van der Waals surface area contributed by atoms with Crippen LogP contribution in [0.5, 0.6) is 0 Å². The molecule has 2 heterocycles. The molecule has 1 aromatic rings. The smallest absolute Gasteiger partial charge is 0.341 e. The van der Waals surface area contributed by atoms with Crippen LogP contribution in [0.3, 0.4) is 0 Å². The quantitative estimate of drug-likeness (QED) is 0.777. The summed E-state index contributed by atoms with van der Waals surface area (Å²) in [4.78, 5) is 24.0. The molecule has 1 aliphatic rings. The van der Waals surface area contributed by atoms with Gasteiger partial charge in [0, 0.05) is 18.3 Å². The summed E-state index contributed by atoms with van der Waals surface area (Å²) in [5.74, 6) is -0.560. The SMILES string of the molecule is COC(=O)c1c(NC(C)=O)sc2c1CCNC2. The molecule has 0 aromatic carbocycles. The number of carbonyl (C=O) groups excluding carboxylic acids is 2. The summed E-state index contributed by atoms with van der Waals surface area (Å²) >= 11 is 1.44. The number of esters is 1. The topological polar surface area (TPSA) is 67.4 Å². The molecule has 2 rings (SSSR count). The van der Waals surface area contributed by atoms with Crippen molar-refractivity contribution in [1.82, 2.24) is 5.32 Å². The van der Waals surface area contributed by atoms with E-state index in [1.807, 2.05) is 0 Å². The molecule has 92 valence electrons. The molecule has 17 heavy (non-hydrogen) atoms. The van der Waals surface area contributed by atoms with Gasteiger partial charge < -0.3 is 15.4 Å². The summed E-state index contributed by atoms with van der Waals surface area (Å²) < 4.78 is 4.78. The number of amides is 1. The third kappa shape index (κ3) is 2.32. The van der Waals surface area contributed by atoms with Gasteiger partial charge in [0.25, 0.3) is 0 Å². The van der Waals surface area contributed by atoms with Gasteiger partial charge in [-0.1, -0.05) is 0 Å². The lowest BCUT2D eigenvalue weighted by Crippen LogP contribution is -2.23. The van der Waals surface area contributed by atoms with Gasteiger partial charge >= 0.3 is 5.97 Å². The molecule has 6 heteroatoms. The standard InChI is InChI=1S/C11H14N2O3S/c1-6(14)13-10-9(11(15)16-2)7-3-4-12-5-8(7)17-10/h12H,3-5H2,1-2H3,(H,13,14). The van der Waals surface area contributed by atoms with Gasteiger partial charge in [0.15, 0.2) is 0 Å². The van der Waals surface area contributed by atoms with Crippen LogP contribution in [0.2, 0.25) is 0 Å². The van der Waals surface area contributed by atoms with Gasteiger partial charge in [0.05, 0.1) is 12.7 Å². The van der Waals surface area contributed by atoms with E-state index < -0.39 is 0 Å². The molecule has 0 fully saturated rings. The molecular weight excluding hydrogens is 240 g/mol. The zero-order valence-corrected chi connectivity index (χ0v) is 10.6. The van der Waals surface area contributed by atoms with Crippen LogP contribution in [0.1, 0.15) is 27.7 Å². The minimum atomic E-state index is -0.381. The van der Waals surface area contributed by atoms with Crippen molar-refractivity contribution in [3.8, 4) is 0 Å². The van der Waals surface area contributed by atoms with Crippen LogP contribution in [-0.4, -0.2) is 25.5 Å². The van der Waals surface area contributed by atoms with Crippen LogP contribution in [0.25, 0.3) is 0 Å². The van der Waals surface area contributed by atoms with Crippen molar-refractivity contribution in [3.63, 3.8) is 0 Å². The number of hydrogen-bond acceptors (Lipinski definition) is 5. The monoisotopic (exact) mass is 254 g/mol. The van der Waals surface area contributed by atoms with Crippen LogP contribution in [-0.2, 0) is 22.5 Å². The fourth-order valence-electron chi connectivity index (χ4n) is 1.90. The largest absolute Gasteiger partial charge is 0.465 e. The Kier molecular flexibility index (Phi) is 3.44. The van der Waals surface area contributed by atoms with Crippen molar-refractivity contribution in [3.05, 3.63) is 16.0 Å². The van der Waals surface area contributed by atoms with Crippen LogP contribution >= 0.6 is 11.3 Å². The summed E-state index contributed by atoms with van der Waals surface area (Å²) in [7, 11) is 1.35. The summed E-state index contributed by atoms with van der Waals surface area (Å²) in [5, 5.41) is 6.53. The number of carbonyl (C=O) groups is 2. The van der Waals surface area contributed by atoms with E-state index in [9.17, 15) is 9.59 Å². The van der Waals surface area contributed by atoms with E-state index >= 15 is 0 Å². The summed E-state index contributed by atoms with van der Waals surface area (Å²) in [6, 6.07) is 0. The highest BCUT2D eigenvalue weighted by atomic mass is 32.1. The maximum absolute atomic E-state index is 11.8. The Hall–Kier alpha value is -1.40. The van der Waals surface area contributed by atoms with Crippen molar-refractivity contribution in [2.45, 2.75) is 19.9 Å². The number of rotatable bonds is 2. The minimum Gasteiger partial charge on any atom is -0.465 e. The van der Waals surface area contributed by atoms with Gasteiger partial charge in [-0.25, -0.2) is 4.79 Å². The average molecular weight is 254 g/mol. The Morgan fingerprint density at radius 1 is 1.47 bits per heavy atom. The van der Waals surface area contributed by atoms with Crippen LogP contribution in [0, 0.1) is 0 Å². The van der Waals surface area contributed by atoms with Crippen LogP contribution < -0.4 is 10.6 Å². The maximum Gasteiger partial charge on any atom is 0.341 e. The number of nitrogens with one attached hydrogen (secondary N) is 2. The van der Waals surface area contributed by atoms with E-state index in [0.29, 0.717) is 10.6 Å². The Morgan fingerprint density at radius 2 is 2.24 bits per heavy atom. The molecule has 2 N–H and O–H groups in total. The van der Waals surface area contributed by atoms with Crippen LogP contribution in [0.15, 0.2) is 0 Å². The number of ether oxygens (including phenoxy) is 1. The molecule has 0 radical (unpaired) electrons. The summed E-state index contributed by atoms with van der Waals surface area (Å²) in [5.41, 5.74) is 1.52. The van der Waals surface area contributed by atoms with Crippen molar-refractivity contribution in [1.29, 1.82) is 0 Å². The predicted molar refractivity (Wildman–Crippen MR) is 65.4 cm³/mol. The molecule has 0 saturated carbocycles. The Bertz CT molecular complexity index is 468. The van der Waals surface area contributed by atoms with E-state index in [-0.39, 0.29) is 11.9 Å². The second kappa shape index (κ2) is 4.85. The zero-order valence-electron chi connectivity index (χ0n) is 9.75. The normalized spacial score (nSPS) is 14.0. The molecule has 5 nitrogen and oxygen atoms in total. The maximum atomic E-state index is 11.8. The lowest BCUT2D eigenvalue weighted by molar-refractivity contribution is -0.114. The first-order chi connectivity index (χ1) is 8.13. The van der Waals surface area contributed by atoms with Gasteiger partial charge in [0.2, 0.25) is 5.91 Å². The number of fused-ring (bicyclic) bond motifs is 1. The molecule has 0 bridgehead atoms. The zero-order chi connectivity index (χ0) is 12.4. The highest BCUT2D eigenvalue weighted by Crippen LogP contribution is 2.35. The first-order valence-corrected chi connectivity index (χ1v) is 6.16. The van der Waals surface area contributed by atoms with Gasteiger partial charge in [0.1, 0.15) is 5.00 Å². The van der Waals surface area contributed by atoms with E-state index in [4.69, 9.17) is 4.74 Å². The molecule has 1 aromatic heterocycles. The van der Waals surface area contributed by atoms with Crippen molar-refractivity contribution in [2.75, 3.05) is 19.0 Å². The first-order valence-electron chi connectivity index (χ1n) is 5.34. The van der Waals surface area contributed by atoms with Crippen molar-refractivity contribution in [2.24, 2.45) is 0 Å². The van der Waals surface area contributed by atoms with E-state index in [0.717, 1.165) is 30.0 Å². The highest BCUT2D eigenvalue weighted by molar-refractivity contribution is 7.17. The molecule has 0 unspecified atom stereocenters.